The Morgan fingerprint density at radius 1 is 1.45 bits per heavy atom. The summed E-state index contributed by atoms with van der Waals surface area (Å²) in [5, 5.41) is 6.42. The van der Waals surface area contributed by atoms with Gasteiger partial charge in [0.2, 0.25) is 0 Å². The number of nitrogens with one attached hydrogen (secondary N) is 2. The van der Waals surface area contributed by atoms with Crippen molar-refractivity contribution < 1.29 is 0 Å². The van der Waals surface area contributed by atoms with Crippen molar-refractivity contribution in [2.75, 3.05) is 19.6 Å². The zero-order valence-electron chi connectivity index (χ0n) is 7.15. The van der Waals surface area contributed by atoms with E-state index < -0.39 is 0 Å². The van der Waals surface area contributed by atoms with Crippen LogP contribution in [0.25, 0.3) is 0 Å². The average Bonchev–Trinajstić information content (AvgIpc) is 2.07. The van der Waals surface area contributed by atoms with Crippen LogP contribution in [0.1, 0.15) is 13.8 Å². The Hall–Kier alpha value is -0.830. The van der Waals surface area contributed by atoms with E-state index in [9.17, 15) is 0 Å². The van der Waals surface area contributed by atoms with Gasteiger partial charge in [0.05, 0.1) is 12.9 Å². The highest BCUT2D eigenvalue weighted by Crippen LogP contribution is 1.97. The minimum Gasteiger partial charge on any atom is -0.350 e. The third-order valence-corrected chi connectivity index (χ3v) is 1.82. The third kappa shape index (κ3) is 2.72. The molecule has 0 amide bonds. The quantitative estimate of drug-likeness (QED) is 0.531. The minimum absolute atomic E-state index is 0.855. The van der Waals surface area contributed by atoms with Gasteiger partial charge in [0.1, 0.15) is 0 Å². The highest BCUT2D eigenvalue weighted by Gasteiger charge is 1.96. The second-order valence-electron chi connectivity index (χ2n) is 2.76. The zero-order chi connectivity index (χ0) is 8.10. The predicted octanol–water partition coefficient (Wildman–Crippen LogP) is 0.501. The monoisotopic (exact) mass is 153 g/mol. The second kappa shape index (κ2) is 4.13. The number of nitrogens with zero attached hydrogens (tertiary/aromatic N) is 1. The van der Waals surface area contributed by atoms with E-state index >= 15 is 0 Å². The summed E-state index contributed by atoms with van der Waals surface area (Å²) in [5.74, 6) is 0. The Labute approximate surface area is 67.6 Å². The fourth-order valence-corrected chi connectivity index (χ4v) is 0.882. The van der Waals surface area contributed by atoms with Gasteiger partial charge in [0.25, 0.3) is 0 Å². The molecule has 0 saturated carbocycles. The summed E-state index contributed by atoms with van der Waals surface area (Å²) in [6.45, 7) is 6.96. The van der Waals surface area contributed by atoms with E-state index in [0.717, 1.165) is 19.6 Å². The minimum atomic E-state index is 0.855. The molecule has 3 heteroatoms. The smallest absolute Gasteiger partial charge is 0.0865 e. The van der Waals surface area contributed by atoms with E-state index in [4.69, 9.17) is 0 Å². The molecule has 62 valence electrons. The molecule has 0 spiro atoms. The molecule has 0 bridgehead atoms. The SMILES string of the molecule is C/C1=C(/C)NC=NCCNC1. The van der Waals surface area contributed by atoms with Gasteiger partial charge in [-0.2, -0.15) is 0 Å². The van der Waals surface area contributed by atoms with Gasteiger partial charge in [-0.1, -0.05) is 0 Å². The van der Waals surface area contributed by atoms with Crippen LogP contribution in [0.2, 0.25) is 0 Å². The van der Waals surface area contributed by atoms with Gasteiger partial charge in [-0.3, -0.25) is 4.99 Å². The first kappa shape index (κ1) is 8.27. The molecule has 0 radical (unpaired) electrons. The fraction of sp³-hybridized carbons (Fsp3) is 0.625. The van der Waals surface area contributed by atoms with E-state index in [1.54, 1.807) is 6.34 Å². The lowest BCUT2D eigenvalue weighted by Gasteiger charge is -2.05. The zero-order valence-corrected chi connectivity index (χ0v) is 7.15. The highest BCUT2D eigenvalue weighted by atomic mass is 15.0. The fourth-order valence-electron chi connectivity index (χ4n) is 0.882. The van der Waals surface area contributed by atoms with Crippen LogP contribution in [0.5, 0.6) is 0 Å². The Morgan fingerprint density at radius 3 is 3.09 bits per heavy atom. The summed E-state index contributed by atoms with van der Waals surface area (Å²) >= 11 is 0. The van der Waals surface area contributed by atoms with Crippen molar-refractivity contribution >= 4 is 6.34 Å². The molecule has 0 saturated heterocycles. The van der Waals surface area contributed by atoms with Crippen LogP contribution >= 0.6 is 0 Å². The van der Waals surface area contributed by atoms with E-state index in [-0.39, 0.29) is 0 Å². The van der Waals surface area contributed by atoms with E-state index in [1.165, 1.54) is 11.3 Å². The Bertz CT molecular complexity index is 182. The van der Waals surface area contributed by atoms with Crippen molar-refractivity contribution in [3.63, 3.8) is 0 Å². The normalized spacial score (nSPS) is 26.7. The number of hydrogen-bond donors (Lipinski definition) is 2. The molecular weight excluding hydrogens is 138 g/mol. The lowest BCUT2D eigenvalue weighted by atomic mass is 10.2. The largest absolute Gasteiger partial charge is 0.350 e. The Kier molecular flexibility index (Phi) is 3.11. The summed E-state index contributed by atoms with van der Waals surface area (Å²) in [7, 11) is 0. The molecule has 11 heavy (non-hydrogen) atoms. The Morgan fingerprint density at radius 2 is 2.27 bits per heavy atom. The van der Waals surface area contributed by atoms with Crippen LogP contribution in [0.15, 0.2) is 16.3 Å². The molecule has 1 heterocycles. The lowest BCUT2D eigenvalue weighted by Crippen LogP contribution is -2.20. The topological polar surface area (TPSA) is 36.4 Å². The van der Waals surface area contributed by atoms with Gasteiger partial charge in [-0.15, -0.1) is 0 Å². The first-order valence-electron chi connectivity index (χ1n) is 3.92. The molecule has 1 rings (SSSR count). The summed E-state index contributed by atoms with van der Waals surface area (Å²) in [4.78, 5) is 4.14. The molecule has 1 aliphatic rings. The van der Waals surface area contributed by atoms with Gasteiger partial charge in [-0.25, -0.2) is 0 Å². The van der Waals surface area contributed by atoms with Crippen LogP contribution in [0.4, 0.5) is 0 Å². The molecule has 0 aliphatic carbocycles. The number of aliphatic imine (C=N–C) groups is 1. The maximum Gasteiger partial charge on any atom is 0.0865 e. The summed E-state index contributed by atoms with van der Waals surface area (Å²) in [6, 6.07) is 0. The van der Waals surface area contributed by atoms with Crippen LogP contribution < -0.4 is 10.6 Å². The first-order valence-corrected chi connectivity index (χ1v) is 3.92. The van der Waals surface area contributed by atoms with Crippen LogP contribution in [-0.4, -0.2) is 26.0 Å². The van der Waals surface area contributed by atoms with Crippen molar-refractivity contribution in [3.05, 3.63) is 11.3 Å². The van der Waals surface area contributed by atoms with Crippen molar-refractivity contribution in [2.45, 2.75) is 13.8 Å². The van der Waals surface area contributed by atoms with Crippen LogP contribution in [-0.2, 0) is 0 Å². The van der Waals surface area contributed by atoms with Gasteiger partial charge in [0.15, 0.2) is 0 Å². The van der Waals surface area contributed by atoms with Gasteiger partial charge < -0.3 is 10.6 Å². The van der Waals surface area contributed by atoms with Crippen molar-refractivity contribution in [2.24, 2.45) is 4.99 Å². The molecule has 0 aromatic rings. The molecule has 2 N–H and O–H groups in total. The predicted molar refractivity (Wildman–Crippen MR) is 47.7 cm³/mol. The van der Waals surface area contributed by atoms with Crippen molar-refractivity contribution in [1.29, 1.82) is 0 Å². The maximum absolute atomic E-state index is 4.14. The standard InChI is InChI=1S/C8H15N3/c1-7-5-9-3-4-10-6-11-8(7)2/h6,9H,3-5H2,1-2H3,(H,10,11)/b8-7+. The average molecular weight is 153 g/mol. The van der Waals surface area contributed by atoms with Gasteiger partial charge >= 0.3 is 0 Å². The molecule has 3 nitrogen and oxygen atoms in total. The van der Waals surface area contributed by atoms with E-state index in [2.05, 4.69) is 29.5 Å². The summed E-state index contributed by atoms with van der Waals surface area (Å²) in [5.41, 5.74) is 2.54. The van der Waals surface area contributed by atoms with Crippen LogP contribution in [0, 0.1) is 0 Å². The molecule has 0 aromatic heterocycles. The van der Waals surface area contributed by atoms with E-state index in [1.807, 2.05) is 0 Å². The molecule has 0 fully saturated rings. The van der Waals surface area contributed by atoms with Crippen LogP contribution in [0.3, 0.4) is 0 Å². The Balaban J connectivity index is 2.59. The molecule has 0 unspecified atom stereocenters. The maximum atomic E-state index is 4.14. The first-order chi connectivity index (χ1) is 5.30. The van der Waals surface area contributed by atoms with Crippen molar-refractivity contribution in [1.82, 2.24) is 10.6 Å². The van der Waals surface area contributed by atoms with Gasteiger partial charge in [0, 0.05) is 18.8 Å². The number of hydrogen-bond acceptors (Lipinski definition) is 3. The molecule has 0 atom stereocenters. The molecule has 1 aliphatic heterocycles. The van der Waals surface area contributed by atoms with Crippen molar-refractivity contribution in [3.8, 4) is 0 Å². The molecule has 0 aromatic carbocycles. The number of allylic oxidation sites excluding steroid dienone is 1. The van der Waals surface area contributed by atoms with E-state index in [0.29, 0.717) is 0 Å². The summed E-state index contributed by atoms with van der Waals surface area (Å²) < 4.78 is 0. The molecular formula is C8H15N3. The lowest BCUT2D eigenvalue weighted by molar-refractivity contribution is 0.737. The summed E-state index contributed by atoms with van der Waals surface area (Å²) in [6.07, 6.45) is 1.77. The number of rotatable bonds is 0. The van der Waals surface area contributed by atoms with Gasteiger partial charge in [-0.05, 0) is 19.4 Å². The third-order valence-electron chi connectivity index (χ3n) is 1.82. The highest BCUT2D eigenvalue weighted by molar-refractivity contribution is 5.57. The second-order valence-corrected chi connectivity index (χ2v) is 2.76.